The van der Waals surface area contributed by atoms with E-state index in [-0.39, 0.29) is 31.0 Å². The molecule has 3 heterocycles. The van der Waals surface area contributed by atoms with E-state index in [4.69, 9.17) is 14.7 Å². The zero-order valence-electron chi connectivity index (χ0n) is 17.5. The van der Waals surface area contributed by atoms with Gasteiger partial charge in [0.2, 0.25) is 0 Å². The van der Waals surface area contributed by atoms with E-state index in [0.29, 0.717) is 22.9 Å². The number of amides is 1. The third kappa shape index (κ3) is 4.24. The molecular weight excluding hydrogens is 438 g/mol. The number of pyridine rings is 1. The summed E-state index contributed by atoms with van der Waals surface area (Å²) in [5.41, 5.74) is 2.43. The summed E-state index contributed by atoms with van der Waals surface area (Å²) in [5.74, 6) is 0.637. The topological polar surface area (TPSA) is 95.7 Å². The van der Waals surface area contributed by atoms with Crippen LogP contribution in [0.15, 0.2) is 66.9 Å². The Morgan fingerprint density at radius 1 is 1.18 bits per heavy atom. The van der Waals surface area contributed by atoms with Crippen LogP contribution in [-0.4, -0.2) is 41.9 Å². The zero-order valence-corrected chi connectivity index (χ0v) is 18.3. The number of hydrogen-bond acceptors (Lipinski definition) is 7. The van der Waals surface area contributed by atoms with Crippen molar-refractivity contribution >= 4 is 33.8 Å². The summed E-state index contributed by atoms with van der Waals surface area (Å²) in [6.45, 7) is 0.566. The van der Waals surface area contributed by atoms with Crippen molar-refractivity contribution in [3.8, 4) is 28.0 Å². The molecule has 0 aliphatic carbocycles. The van der Waals surface area contributed by atoms with Gasteiger partial charge >= 0.3 is 0 Å². The number of anilines is 1. The van der Waals surface area contributed by atoms with E-state index in [1.165, 1.54) is 11.3 Å². The molecule has 0 unspecified atom stereocenters. The maximum atomic E-state index is 12.3. The number of phenolic OH excluding ortho intramolecular Hbond substituents is 1. The highest BCUT2D eigenvalue weighted by molar-refractivity contribution is 7.16. The molecule has 4 aromatic rings. The smallest absolute Gasteiger partial charge is 0.253 e. The van der Waals surface area contributed by atoms with Crippen LogP contribution in [0.25, 0.3) is 21.3 Å². The minimum Gasteiger partial charge on any atom is -0.508 e. The van der Waals surface area contributed by atoms with Crippen molar-refractivity contribution in [1.82, 2.24) is 4.98 Å². The van der Waals surface area contributed by atoms with Gasteiger partial charge in [-0.1, -0.05) is 6.07 Å². The number of carbonyl (C=O) groups is 1. The van der Waals surface area contributed by atoms with Crippen molar-refractivity contribution in [2.24, 2.45) is 0 Å². The standard InChI is InChI=1S/C25H19N3O4S/c26-12-19-7-10-23(33-19)20-8-9-22(25-21(20)2-1-11-27-25)32-14-18-13-28(24(30)15-31-18)16-3-5-17(29)6-4-16/h1-11,18,29H,13-15H2/t18-/m0/s1. The number of benzene rings is 2. The minimum atomic E-state index is -0.314. The quantitative estimate of drug-likeness (QED) is 0.479. The Labute approximate surface area is 194 Å². The van der Waals surface area contributed by atoms with Gasteiger partial charge in [-0.15, -0.1) is 11.3 Å². The van der Waals surface area contributed by atoms with Crippen molar-refractivity contribution in [2.75, 3.05) is 24.7 Å². The van der Waals surface area contributed by atoms with Crippen LogP contribution in [0.3, 0.4) is 0 Å². The molecule has 0 bridgehead atoms. The molecule has 5 rings (SSSR count). The predicted octanol–water partition coefficient (Wildman–Crippen LogP) is 4.35. The van der Waals surface area contributed by atoms with Crippen LogP contribution >= 0.6 is 11.3 Å². The third-order valence-corrected chi connectivity index (χ3v) is 6.45. The number of hydrogen-bond donors (Lipinski definition) is 1. The summed E-state index contributed by atoms with van der Waals surface area (Å²) < 4.78 is 11.8. The molecule has 1 atom stereocenters. The Morgan fingerprint density at radius 3 is 2.82 bits per heavy atom. The monoisotopic (exact) mass is 457 g/mol. The van der Waals surface area contributed by atoms with Crippen LogP contribution in [-0.2, 0) is 9.53 Å². The van der Waals surface area contributed by atoms with Gasteiger partial charge in [-0.3, -0.25) is 9.78 Å². The predicted molar refractivity (Wildman–Crippen MR) is 125 cm³/mol. The maximum absolute atomic E-state index is 12.3. The number of morpholine rings is 1. The normalized spacial score (nSPS) is 16.0. The highest BCUT2D eigenvalue weighted by Crippen LogP contribution is 2.36. The summed E-state index contributed by atoms with van der Waals surface area (Å²) >= 11 is 1.44. The fourth-order valence-electron chi connectivity index (χ4n) is 3.81. The van der Waals surface area contributed by atoms with E-state index in [0.717, 1.165) is 21.3 Å². The lowest BCUT2D eigenvalue weighted by atomic mass is 10.1. The third-order valence-electron chi connectivity index (χ3n) is 5.43. The number of rotatable bonds is 5. The molecule has 164 valence electrons. The second-order valence-electron chi connectivity index (χ2n) is 7.55. The lowest BCUT2D eigenvalue weighted by Crippen LogP contribution is -2.48. The second kappa shape index (κ2) is 8.90. The highest BCUT2D eigenvalue weighted by atomic mass is 32.1. The molecule has 1 amide bonds. The summed E-state index contributed by atoms with van der Waals surface area (Å²) in [5, 5.41) is 19.6. The van der Waals surface area contributed by atoms with Gasteiger partial charge in [-0.05, 0) is 54.6 Å². The number of ether oxygens (including phenoxy) is 2. The minimum absolute atomic E-state index is 0.0353. The summed E-state index contributed by atoms with van der Waals surface area (Å²) in [4.78, 5) is 20.2. The zero-order chi connectivity index (χ0) is 22.8. The number of aromatic nitrogens is 1. The average molecular weight is 458 g/mol. The summed E-state index contributed by atoms with van der Waals surface area (Å²) in [7, 11) is 0. The molecule has 1 N–H and O–H groups in total. The van der Waals surface area contributed by atoms with Crippen molar-refractivity contribution in [1.29, 1.82) is 5.26 Å². The highest BCUT2D eigenvalue weighted by Gasteiger charge is 2.28. The van der Waals surface area contributed by atoms with Crippen LogP contribution < -0.4 is 9.64 Å². The van der Waals surface area contributed by atoms with E-state index in [2.05, 4.69) is 11.1 Å². The van der Waals surface area contributed by atoms with E-state index < -0.39 is 0 Å². The molecular formula is C25H19N3O4S. The van der Waals surface area contributed by atoms with Crippen LogP contribution in [0.2, 0.25) is 0 Å². The lowest BCUT2D eigenvalue weighted by Gasteiger charge is -2.32. The van der Waals surface area contributed by atoms with Crippen LogP contribution in [0.1, 0.15) is 4.88 Å². The number of aromatic hydroxyl groups is 1. The summed E-state index contributed by atoms with van der Waals surface area (Å²) in [6.07, 6.45) is 1.40. The molecule has 1 saturated heterocycles. The first-order chi connectivity index (χ1) is 16.1. The fraction of sp³-hybridized carbons (Fsp3) is 0.160. The lowest BCUT2D eigenvalue weighted by molar-refractivity contribution is -0.130. The van der Waals surface area contributed by atoms with Gasteiger partial charge < -0.3 is 19.5 Å². The van der Waals surface area contributed by atoms with Gasteiger partial charge in [-0.2, -0.15) is 5.26 Å². The van der Waals surface area contributed by atoms with E-state index in [9.17, 15) is 9.90 Å². The van der Waals surface area contributed by atoms with Gasteiger partial charge in [0.05, 0.1) is 6.54 Å². The molecule has 2 aromatic heterocycles. The SMILES string of the molecule is N#Cc1ccc(-c2ccc(OC[C@@H]3CN(c4ccc(O)cc4)C(=O)CO3)c3ncccc23)s1. The number of phenols is 1. The molecule has 8 heteroatoms. The molecule has 0 radical (unpaired) electrons. The van der Waals surface area contributed by atoms with Crippen LogP contribution in [0.4, 0.5) is 5.69 Å². The van der Waals surface area contributed by atoms with Crippen molar-refractivity contribution in [2.45, 2.75) is 6.10 Å². The van der Waals surface area contributed by atoms with E-state index >= 15 is 0 Å². The number of nitriles is 1. The Kier molecular flexibility index (Phi) is 5.65. The molecule has 33 heavy (non-hydrogen) atoms. The molecule has 1 aliphatic rings. The number of fused-ring (bicyclic) bond motifs is 1. The Morgan fingerprint density at radius 2 is 2.03 bits per heavy atom. The molecule has 1 aliphatic heterocycles. The second-order valence-corrected chi connectivity index (χ2v) is 8.64. The summed E-state index contributed by atoms with van der Waals surface area (Å²) in [6, 6.07) is 20.2. The first-order valence-corrected chi connectivity index (χ1v) is 11.2. The largest absolute Gasteiger partial charge is 0.508 e. The molecule has 7 nitrogen and oxygen atoms in total. The van der Waals surface area contributed by atoms with Gasteiger partial charge in [0.25, 0.3) is 5.91 Å². The van der Waals surface area contributed by atoms with Crippen molar-refractivity contribution < 1.29 is 19.4 Å². The first-order valence-electron chi connectivity index (χ1n) is 10.3. The van der Waals surface area contributed by atoms with Crippen LogP contribution in [0, 0.1) is 11.3 Å². The fourth-order valence-corrected chi connectivity index (χ4v) is 4.65. The molecule has 0 spiro atoms. The number of thiophene rings is 1. The van der Waals surface area contributed by atoms with Gasteiger partial charge in [0.1, 0.15) is 47.3 Å². The van der Waals surface area contributed by atoms with Crippen molar-refractivity contribution in [3.05, 3.63) is 71.7 Å². The Bertz CT molecular complexity index is 1360. The Balaban J connectivity index is 1.35. The first kappa shape index (κ1) is 20.9. The van der Waals surface area contributed by atoms with Gasteiger partial charge in [0.15, 0.2) is 0 Å². The van der Waals surface area contributed by atoms with E-state index in [1.54, 1.807) is 35.4 Å². The molecule has 2 aromatic carbocycles. The van der Waals surface area contributed by atoms with Gasteiger partial charge in [0, 0.05) is 27.7 Å². The number of carbonyl (C=O) groups excluding carboxylic acids is 1. The van der Waals surface area contributed by atoms with Crippen molar-refractivity contribution in [3.63, 3.8) is 0 Å². The molecule has 0 saturated carbocycles. The maximum Gasteiger partial charge on any atom is 0.253 e. The molecule has 1 fully saturated rings. The average Bonchev–Trinajstić information content (AvgIpc) is 3.33. The van der Waals surface area contributed by atoms with Gasteiger partial charge in [-0.25, -0.2) is 0 Å². The Hall–Kier alpha value is -3.93. The van der Waals surface area contributed by atoms with Crippen LogP contribution in [0.5, 0.6) is 11.5 Å². The van der Waals surface area contributed by atoms with E-state index in [1.807, 2.05) is 36.4 Å². The number of nitrogens with zero attached hydrogens (tertiary/aromatic N) is 3.